The van der Waals surface area contributed by atoms with Gasteiger partial charge >= 0.3 is 6.18 Å². The second-order valence-electron chi connectivity index (χ2n) is 7.86. The van der Waals surface area contributed by atoms with Gasteiger partial charge in [-0.3, -0.25) is 15.5 Å². The van der Waals surface area contributed by atoms with Crippen molar-refractivity contribution in [1.82, 2.24) is 0 Å². The number of nitrogens with one attached hydrogen (secondary N) is 1. The van der Waals surface area contributed by atoms with Gasteiger partial charge in [0.1, 0.15) is 5.69 Å². The van der Waals surface area contributed by atoms with Crippen LogP contribution in [0.4, 0.5) is 30.2 Å². The van der Waals surface area contributed by atoms with E-state index in [9.17, 15) is 23.3 Å². The summed E-state index contributed by atoms with van der Waals surface area (Å²) < 4.78 is 38.5. The second kappa shape index (κ2) is 8.05. The highest BCUT2D eigenvalue weighted by Gasteiger charge is 2.33. The molecule has 0 aliphatic carbocycles. The Morgan fingerprint density at radius 2 is 1.94 bits per heavy atom. The Morgan fingerprint density at radius 1 is 1.23 bits per heavy atom. The van der Waals surface area contributed by atoms with Gasteiger partial charge in [-0.1, -0.05) is 12.1 Å². The van der Waals surface area contributed by atoms with Crippen molar-refractivity contribution in [1.29, 1.82) is 0 Å². The minimum absolute atomic E-state index is 0.107. The van der Waals surface area contributed by atoms with Gasteiger partial charge in [-0.05, 0) is 63.1 Å². The molecular weight excluding hydrogens is 409 g/mol. The van der Waals surface area contributed by atoms with Crippen molar-refractivity contribution in [3.8, 4) is 0 Å². The van der Waals surface area contributed by atoms with Crippen molar-refractivity contribution >= 4 is 28.8 Å². The van der Waals surface area contributed by atoms with Gasteiger partial charge < -0.3 is 4.90 Å². The van der Waals surface area contributed by atoms with Crippen molar-refractivity contribution < 1.29 is 18.1 Å². The van der Waals surface area contributed by atoms with E-state index in [1.54, 1.807) is 0 Å². The van der Waals surface area contributed by atoms with Crippen molar-refractivity contribution in [3.05, 3.63) is 69.3 Å². The molecule has 0 radical (unpaired) electrons. The number of nitro groups is 1. The molecule has 1 aliphatic heterocycles. The monoisotopic (exact) mass is 432 g/mol. The van der Waals surface area contributed by atoms with Crippen LogP contribution >= 0.6 is 0 Å². The minimum atomic E-state index is -4.66. The molecule has 0 aromatic heterocycles. The van der Waals surface area contributed by atoms with E-state index in [1.165, 1.54) is 6.21 Å². The molecule has 0 spiro atoms. The standard InChI is InChI=1S/C22H23F3N4O2/c1-5-28-19-9-6-15(10-17(19)14(2)12-21(28,3)4)13-26-27-18-8-7-16(22(23,24)25)11-20(18)29(30)31/h6-13,27H,5H2,1-4H3/b26-13+. The molecule has 9 heteroatoms. The third-order valence-electron chi connectivity index (χ3n) is 5.24. The van der Waals surface area contributed by atoms with Crippen molar-refractivity contribution in [3.63, 3.8) is 0 Å². The molecule has 0 atom stereocenters. The smallest absolute Gasteiger partial charge is 0.363 e. The van der Waals surface area contributed by atoms with Crippen LogP contribution in [-0.4, -0.2) is 23.2 Å². The van der Waals surface area contributed by atoms with Gasteiger partial charge in [0, 0.05) is 23.9 Å². The topological polar surface area (TPSA) is 70.8 Å². The van der Waals surface area contributed by atoms with Crippen molar-refractivity contribution in [2.75, 3.05) is 16.9 Å². The largest absolute Gasteiger partial charge is 0.416 e. The highest BCUT2D eigenvalue weighted by molar-refractivity contribution is 5.88. The lowest BCUT2D eigenvalue weighted by Crippen LogP contribution is -2.44. The zero-order valence-electron chi connectivity index (χ0n) is 17.6. The lowest BCUT2D eigenvalue weighted by molar-refractivity contribution is -0.384. The molecule has 0 saturated heterocycles. The van der Waals surface area contributed by atoms with Gasteiger partial charge in [0.2, 0.25) is 0 Å². The Kier molecular flexibility index (Phi) is 5.80. The van der Waals surface area contributed by atoms with E-state index in [0.717, 1.165) is 41.1 Å². The maximum atomic E-state index is 12.8. The molecule has 1 heterocycles. The van der Waals surface area contributed by atoms with Crippen molar-refractivity contribution in [2.45, 2.75) is 39.4 Å². The number of hydrogen-bond acceptors (Lipinski definition) is 5. The first-order valence-electron chi connectivity index (χ1n) is 9.70. The van der Waals surface area contributed by atoms with Crippen LogP contribution in [0.5, 0.6) is 0 Å². The van der Waals surface area contributed by atoms with E-state index in [0.29, 0.717) is 6.07 Å². The van der Waals surface area contributed by atoms with Gasteiger partial charge in [0.15, 0.2) is 0 Å². The normalized spacial score (nSPS) is 15.6. The lowest BCUT2D eigenvalue weighted by Gasteiger charge is -2.42. The number of anilines is 2. The summed E-state index contributed by atoms with van der Waals surface area (Å²) in [4.78, 5) is 12.6. The number of likely N-dealkylation sites (N-methyl/N-ethyl adjacent to an activating group) is 1. The third-order valence-corrected chi connectivity index (χ3v) is 5.24. The van der Waals surface area contributed by atoms with Gasteiger partial charge in [-0.25, -0.2) is 0 Å². The van der Waals surface area contributed by atoms with E-state index in [4.69, 9.17) is 0 Å². The number of halogens is 3. The summed E-state index contributed by atoms with van der Waals surface area (Å²) in [7, 11) is 0. The Hall–Kier alpha value is -3.36. The molecule has 0 amide bonds. The Labute approximate surface area is 178 Å². The molecule has 0 fully saturated rings. The number of hydrazone groups is 1. The third kappa shape index (κ3) is 4.55. The predicted octanol–water partition coefficient (Wildman–Crippen LogP) is 6.08. The SMILES string of the molecule is CCN1c2ccc(/C=N/Nc3ccc(C(F)(F)F)cc3[N+](=O)[O-])cc2C(C)=CC1(C)C. The van der Waals surface area contributed by atoms with Gasteiger partial charge in [-0.15, -0.1) is 0 Å². The second-order valence-corrected chi connectivity index (χ2v) is 7.86. The quantitative estimate of drug-likeness (QED) is 0.353. The molecule has 2 aromatic carbocycles. The Bertz CT molecular complexity index is 1070. The lowest BCUT2D eigenvalue weighted by atomic mass is 9.88. The zero-order chi connectivity index (χ0) is 23.0. The van der Waals surface area contributed by atoms with Crippen molar-refractivity contribution in [2.24, 2.45) is 5.10 Å². The molecule has 1 aliphatic rings. The fourth-order valence-corrected chi connectivity index (χ4v) is 3.89. The number of nitrogens with zero attached hydrogens (tertiary/aromatic N) is 3. The van der Waals surface area contributed by atoms with Crippen LogP contribution < -0.4 is 10.3 Å². The summed E-state index contributed by atoms with van der Waals surface area (Å²) in [5.74, 6) is 0. The molecule has 3 rings (SSSR count). The number of nitro benzene ring substituents is 1. The molecule has 31 heavy (non-hydrogen) atoms. The Balaban J connectivity index is 1.86. The van der Waals surface area contributed by atoms with E-state index < -0.39 is 22.4 Å². The molecule has 6 nitrogen and oxygen atoms in total. The van der Waals surface area contributed by atoms with Gasteiger partial charge in [0.25, 0.3) is 5.69 Å². The maximum absolute atomic E-state index is 12.8. The summed E-state index contributed by atoms with van der Waals surface area (Å²) in [5, 5.41) is 15.2. The number of alkyl halides is 3. The fourth-order valence-electron chi connectivity index (χ4n) is 3.89. The number of benzene rings is 2. The molecule has 164 valence electrons. The van der Waals surface area contributed by atoms with Crippen LogP contribution in [0, 0.1) is 10.1 Å². The van der Waals surface area contributed by atoms with Gasteiger partial charge in [0.05, 0.1) is 22.2 Å². The van der Waals surface area contributed by atoms with E-state index in [2.05, 4.69) is 42.3 Å². The summed E-state index contributed by atoms with van der Waals surface area (Å²) in [6, 6.07) is 8.11. The molecule has 0 unspecified atom stereocenters. The fraction of sp³-hybridized carbons (Fsp3) is 0.318. The van der Waals surface area contributed by atoms with Crippen LogP contribution in [0.1, 0.15) is 44.4 Å². The van der Waals surface area contributed by atoms with Crippen LogP contribution in [0.3, 0.4) is 0 Å². The van der Waals surface area contributed by atoms with Crippen LogP contribution in [0.25, 0.3) is 5.57 Å². The van der Waals surface area contributed by atoms with Crippen LogP contribution in [-0.2, 0) is 6.18 Å². The first-order chi connectivity index (χ1) is 14.4. The summed E-state index contributed by atoms with van der Waals surface area (Å²) in [6.45, 7) is 9.28. The van der Waals surface area contributed by atoms with Crippen LogP contribution in [0.2, 0.25) is 0 Å². The average molecular weight is 432 g/mol. The molecule has 0 saturated carbocycles. The highest BCUT2D eigenvalue weighted by Crippen LogP contribution is 2.39. The molecule has 2 aromatic rings. The number of rotatable bonds is 5. The van der Waals surface area contributed by atoms with Gasteiger partial charge in [-0.2, -0.15) is 18.3 Å². The predicted molar refractivity (Wildman–Crippen MR) is 117 cm³/mol. The average Bonchev–Trinajstić information content (AvgIpc) is 2.67. The number of allylic oxidation sites excluding steroid dienone is 1. The van der Waals surface area contributed by atoms with E-state index in [-0.39, 0.29) is 11.2 Å². The maximum Gasteiger partial charge on any atom is 0.416 e. The summed E-state index contributed by atoms with van der Waals surface area (Å²) >= 11 is 0. The van der Waals surface area contributed by atoms with E-state index in [1.807, 2.05) is 25.1 Å². The number of fused-ring (bicyclic) bond motifs is 1. The first-order valence-corrected chi connectivity index (χ1v) is 9.70. The minimum Gasteiger partial charge on any atom is -0.363 e. The van der Waals surface area contributed by atoms with Crippen LogP contribution in [0.15, 0.2) is 47.6 Å². The molecule has 0 bridgehead atoms. The molecule has 1 N–H and O–H groups in total. The summed E-state index contributed by atoms with van der Waals surface area (Å²) in [5.41, 5.74) is 4.52. The number of hydrogen-bond donors (Lipinski definition) is 1. The first kappa shape index (κ1) is 22.3. The Morgan fingerprint density at radius 3 is 2.55 bits per heavy atom. The molecular formula is C22H23F3N4O2. The highest BCUT2D eigenvalue weighted by atomic mass is 19.4. The summed E-state index contributed by atoms with van der Waals surface area (Å²) in [6.07, 6.45) is -0.990. The van der Waals surface area contributed by atoms with E-state index >= 15 is 0 Å². The zero-order valence-corrected chi connectivity index (χ0v) is 17.6.